The molecule has 2 aliphatic rings. The maximum Gasteiger partial charge on any atom is 0.253 e. The number of nitrogens with zero attached hydrogens (tertiary/aromatic N) is 2. The second kappa shape index (κ2) is 6.90. The molecule has 5 heteroatoms. The fraction of sp³-hybridized carbons (Fsp3) is 0.333. The lowest BCUT2D eigenvalue weighted by Crippen LogP contribution is -2.46. The van der Waals surface area contributed by atoms with E-state index in [9.17, 15) is 14.0 Å². The number of hydrogen-bond acceptors (Lipinski definition) is 2. The number of carbonyl (C=O) groups excluding carboxylic acids is 2. The van der Waals surface area contributed by atoms with E-state index in [0.717, 1.165) is 24.9 Å². The molecule has 1 saturated heterocycles. The molecule has 0 aromatic heterocycles. The van der Waals surface area contributed by atoms with Gasteiger partial charge < -0.3 is 9.80 Å². The summed E-state index contributed by atoms with van der Waals surface area (Å²) in [5, 5.41) is 0. The third-order valence-corrected chi connectivity index (χ3v) is 5.30. The Hall–Kier alpha value is -2.69. The first-order valence-corrected chi connectivity index (χ1v) is 9.07. The van der Waals surface area contributed by atoms with Crippen molar-refractivity contribution in [2.45, 2.75) is 19.3 Å². The van der Waals surface area contributed by atoms with Crippen LogP contribution in [0, 0.1) is 11.7 Å². The van der Waals surface area contributed by atoms with E-state index >= 15 is 0 Å². The summed E-state index contributed by atoms with van der Waals surface area (Å²) < 4.78 is 13.1. The molecule has 0 aliphatic carbocycles. The number of carbonyl (C=O) groups is 2. The Bertz CT molecular complexity index is 834. The van der Waals surface area contributed by atoms with Gasteiger partial charge in [0.25, 0.3) is 5.91 Å². The molecule has 1 atom stereocenters. The zero-order valence-electron chi connectivity index (χ0n) is 14.5. The van der Waals surface area contributed by atoms with E-state index in [1.54, 1.807) is 4.90 Å². The lowest BCUT2D eigenvalue weighted by molar-refractivity contribution is -0.123. The molecule has 0 bridgehead atoms. The molecule has 0 spiro atoms. The van der Waals surface area contributed by atoms with Crippen LogP contribution in [0.4, 0.5) is 10.1 Å². The summed E-state index contributed by atoms with van der Waals surface area (Å²) in [4.78, 5) is 29.3. The van der Waals surface area contributed by atoms with Gasteiger partial charge in [-0.3, -0.25) is 9.59 Å². The second-order valence-electron chi connectivity index (χ2n) is 6.97. The van der Waals surface area contributed by atoms with Crippen LogP contribution in [0.25, 0.3) is 0 Å². The van der Waals surface area contributed by atoms with Crippen LogP contribution in [0.5, 0.6) is 0 Å². The van der Waals surface area contributed by atoms with Crippen LogP contribution < -0.4 is 4.90 Å². The summed E-state index contributed by atoms with van der Waals surface area (Å²) in [6.07, 6.45) is 2.48. The van der Waals surface area contributed by atoms with Crippen LogP contribution in [-0.2, 0) is 11.2 Å². The maximum atomic E-state index is 13.1. The van der Waals surface area contributed by atoms with Crippen molar-refractivity contribution in [2.24, 2.45) is 5.92 Å². The average Bonchev–Trinajstić information content (AvgIpc) is 3.12. The summed E-state index contributed by atoms with van der Waals surface area (Å²) >= 11 is 0. The average molecular weight is 352 g/mol. The summed E-state index contributed by atoms with van der Waals surface area (Å²) in [5.74, 6) is -0.573. The van der Waals surface area contributed by atoms with Crippen LogP contribution in [-0.4, -0.2) is 36.3 Å². The zero-order chi connectivity index (χ0) is 18.1. The molecular weight excluding hydrogens is 331 g/mol. The van der Waals surface area contributed by atoms with Gasteiger partial charge in [0, 0.05) is 30.9 Å². The fourth-order valence-corrected chi connectivity index (χ4v) is 3.93. The Morgan fingerprint density at radius 3 is 2.58 bits per heavy atom. The van der Waals surface area contributed by atoms with E-state index in [4.69, 9.17) is 0 Å². The minimum absolute atomic E-state index is 0.103. The largest absolute Gasteiger partial charge is 0.338 e. The number of fused-ring (bicyclic) bond motifs is 1. The van der Waals surface area contributed by atoms with E-state index in [-0.39, 0.29) is 23.5 Å². The van der Waals surface area contributed by atoms with Crippen LogP contribution in [0.3, 0.4) is 0 Å². The number of hydrogen-bond donors (Lipinski definition) is 0. The van der Waals surface area contributed by atoms with E-state index in [2.05, 4.69) is 6.07 Å². The maximum absolute atomic E-state index is 13.1. The van der Waals surface area contributed by atoms with Crippen LogP contribution in [0.2, 0.25) is 0 Å². The molecule has 2 heterocycles. The molecule has 26 heavy (non-hydrogen) atoms. The molecule has 1 fully saturated rings. The van der Waals surface area contributed by atoms with Crippen molar-refractivity contribution in [3.05, 3.63) is 65.5 Å². The van der Waals surface area contributed by atoms with Crippen molar-refractivity contribution in [1.29, 1.82) is 0 Å². The summed E-state index contributed by atoms with van der Waals surface area (Å²) in [6.45, 7) is 1.77. The summed E-state index contributed by atoms with van der Waals surface area (Å²) in [5.41, 5.74) is 2.67. The van der Waals surface area contributed by atoms with E-state index in [1.807, 2.05) is 23.1 Å². The SMILES string of the molecule is O=C(c1ccc(F)cc1)N1CCC[C@@H](C(=O)N2CCc3ccccc32)C1. The van der Waals surface area contributed by atoms with E-state index in [0.29, 0.717) is 25.2 Å². The van der Waals surface area contributed by atoms with Gasteiger partial charge >= 0.3 is 0 Å². The topological polar surface area (TPSA) is 40.6 Å². The molecule has 0 N–H and O–H groups in total. The molecule has 2 aliphatic heterocycles. The van der Waals surface area contributed by atoms with E-state index in [1.165, 1.54) is 29.8 Å². The molecular formula is C21H21FN2O2. The minimum Gasteiger partial charge on any atom is -0.338 e. The van der Waals surface area contributed by atoms with Crippen molar-refractivity contribution in [1.82, 2.24) is 4.90 Å². The Morgan fingerprint density at radius 1 is 1.00 bits per heavy atom. The van der Waals surface area contributed by atoms with E-state index < -0.39 is 0 Å². The Labute approximate surface area is 152 Å². The molecule has 0 radical (unpaired) electrons. The van der Waals surface area contributed by atoms with Crippen molar-refractivity contribution in [2.75, 3.05) is 24.5 Å². The van der Waals surface area contributed by atoms with Crippen LogP contribution >= 0.6 is 0 Å². The predicted octanol–water partition coefficient (Wildman–Crippen LogP) is 3.27. The van der Waals surface area contributed by atoms with Crippen molar-refractivity contribution >= 4 is 17.5 Å². The first-order valence-electron chi connectivity index (χ1n) is 9.07. The normalized spacial score (nSPS) is 19.3. The third kappa shape index (κ3) is 3.09. The molecule has 2 amide bonds. The number of likely N-dealkylation sites (tertiary alicyclic amines) is 1. The fourth-order valence-electron chi connectivity index (χ4n) is 3.93. The third-order valence-electron chi connectivity index (χ3n) is 5.30. The molecule has 0 unspecified atom stereocenters. The van der Waals surface area contributed by atoms with Gasteiger partial charge in [-0.15, -0.1) is 0 Å². The monoisotopic (exact) mass is 352 g/mol. The Balaban J connectivity index is 1.48. The van der Waals surface area contributed by atoms with Gasteiger partial charge in [0.05, 0.1) is 5.92 Å². The van der Waals surface area contributed by atoms with Gasteiger partial charge in [-0.25, -0.2) is 4.39 Å². The van der Waals surface area contributed by atoms with Gasteiger partial charge in [0.1, 0.15) is 5.82 Å². The molecule has 4 nitrogen and oxygen atoms in total. The summed E-state index contributed by atoms with van der Waals surface area (Å²) in [7, 11) is 0. The highest BCUT2D eigenvalue weighted by molar-refractivity contribution is 5.98. The highest BCUT2D eigenvalue weighted by Gasteiger charge is 2.34. The van der Waals surface area contributed by atoms with Gasteiger partial charge in [-0.05, 0) is 55.2 Å². The lowest BCUT2D eigenvalue weighted by atomic mass is 9.95. The number of halogens is 1. The smallest absolute Gasteiger partial charge is 0.253 e. The zero-order valence-corrected chi connectivity index (χ0v) is 14.5. The van der Waals surface area contributed by atoms with Crippen molar-refractivity contribution < 1.29 is 14.0 Å². The molecule has 2 aromatic carbocycles. The molecule has 134 valence electrons. The molecule has 0 saturated carbocycles. The molecule has 2 aromatic rings. The number of para-hydroxylation sites is 1. The van der Waals surface area contributed by atoms with Gasteiger partial charge in [0.15, 0.2) is 0 Å². The first-order chi connectivity index (χ1) is 12.6. The number of benzene rings is 2. The quantitative estimate of drug-likeness (QED) is 0.832. The molecule has 4 rings (SSSR count). The van der Waals surface area contributed by atoms with Crippen molar-refractivity contribution in [3.63, 3.8) is 0 Å². The highest BCUT2D eigenvalue weighted by atomic mass is 19.1. The Kier molecular flexibility index (Phi) is 4.45. The number of amides is 2. The van der Waals surface area contributed by atoms with Gasteiger partial charge in [-0.1, -0.05) is 18.2 Å². The first kappa shape index (κ1) is 16.8. The minimum atomic E-state index is -0.360. The van der Waals surface area contributed by atoms with Gasteiger partial charge in [-0.2, -0.15) is 0 Å². The highest BCUT2D eigenvalue weighted by Crippen LogP contribution is 2.30. The van der Waals surface area contributed by atoms with Gasteiger partial charge in [0.2, 0.25) is 5.91 Å². The second-order valence-corrected chi connectivity index (χ2v) is 6.97. The summed E-state index contributed by atoms with van der Waals surface area (Å²) in [6, 6.07) is 13.6. The Morgan fingerprint density at radius 2 is 1.77 bits per heavy atom. The predicted molar refractivity (Wildman–Crippen MR) is 97.5 cm³/mol. The number of anilines is 1. The van der Waals surface area contributed by atoms with Crippen LogP contribution in [0.15, 0.2) is 48.5 Å². The van der Waals surface area contributed by atoms with Crippen LogP contribution in [0.1, 0.15) is 28.8 Å². The number of rotatable bonds is 2. The standard InChI is InChI=1S/C21H21FN2O2/c22-18-9-7-16(8-10-18)20(25)23-12-3-5-17(14-23)21(26)24-13-11-15-4-1-2-6-19(15)24/h1-2,4,6-10,17H,3,5,11-14H2/t17-/m1/s1. The number of piperidine rings is 1. The van der Waals surface area contributed by atoms with Crippen molar-refractivity contribution in [3.8, 4) is 0 Å². The lowest BCUT2D eigenvalue weighted by Gasteiger charge is -2.34.